The molecule has 0 saturated carbocycles. The third-order valence-electron chi connectivity index (χ3n) is 3.51. The molecule has 1 N–H and O–H groups in total. The number of aromatic nitrogens is 2. The lowest BCUT2D eigenvalue weighted by Crippen LogP contribution is -2.23. The molecule has 20 heavy (non-hydrogen) atoms. The van der Waals surface area contributed by atoms with E-state index in [4.69, 9.17) is 12.2 Å². The van der Waals surface area contributed by atoms with Crippen molar-refractivity contribution < 1.29 is 0 Å². The first-order chi connectivity index (χ1) is 9.39. The highest BCUT2D eigenvalue weighted by atomic mass is 32.1. The standard InChI is InChI=1S/C17H22N2S/c1-12(2)10-14-11-15(20)19-16(18-14)17(3,4)13-8-6-5-7-9-13/h5-9,11-12H,10H2,1-4H3,(H,18,19,20). The summed E-state index contributed by atoms with van der Waals surface area (Å²) in [5.74, 6) is 1.53. The molecule has 2 rings (SSSR count). The molecule has 0 bridgehead atoms. The van der Waals surface area contributed by atoms with Gasteiger partial charge in [0, 0.05) is 11.1 Å². The van der Waals surface area contributed by atoms with E-state index in [9.17, 15) is 0 Å². The van der Waals surface area contributed by atoms with E-state index in [1.165, 1.54) is 11.3 Å². The molecule has 0 atom stereocenters. The van der Waals surface area contributed by atoms with Gasteiger partial charge < -0.3 is 4.98 Å². The maximum Gasteiger partial charge on any atom is 0.130 e. The number of aromatic amines is 1. The predicted octanol–water partition coefficient (Wildman–Crippen LogP) is 4.66. The highest BCUT2D eigenvalue weighted by Gasteiger charge is 2.25. The summed E-state index contributed by atoms with van der Waals surface area (Å²) in [4.78, 5) is 8.03. The van der Waals surface area contributed by atoms with Crippen molar-refractivity contribution in [2.24, 2.45) is 5.92 Å². The molecule has 0 unspecified atom stereocenters. The van der Waals surface area contributed by atoms with E-state index in [1.807, 2.05) is 12.1 Å². The second kappa shape index (κ2) is 5.88. The van der Waals surface area contributed by atoms with Crippen LogP contribution in [0, 0.1) is 10.6 Å². The van der Waals surface area contributed by atoms with E-state index in [0.29, 0.717) is 10.6 Å². The maximum atomic E-state index is 5.33. The van der Waals surface area contributed by atoms with Crippen molar-refractivity contribution in [2.75, 3.05) is 0 Å². The molecular weight excluding hydrogens is 264 g/mol. The van der Waals surface area contributed by atoms with Gasteiger partial charge in [0.2, 0.25) is 0 Å². The molecule has 0 saturated heterocycles. The number of H-pyrrole nitrogens is 1. The van der Waals surface area contributed by atoms with E-state index in [-0.39, 0.29) is 5.41 Å². The number of hydrogen-bond acceptors (Lipinski definition) is 2. The van der Waals surface area contributed by atoms with Gasteiger partial charge in [0.25, 0.3) is 0 Å². The Kier molecular flexibility index (Phi) is 4.39. The summed E-state index contributed by atoms with van der Waals surface area (Å²) in [5.41, 5.74) is 2.22. The van der Waals surface area contributed by atoms with Crippen molar-refractivity contribution in [2.45, 2.75) is 39.5 Å². The van der Waals surface area contributed by atoms with Crippen LogP contribution >= 0.6 is 12.2 Å². The van der Waals surface area contributed by atoms with Crippen molar-refractivity contribution in [3.8, 4) is 0 Å². The summed E-state index contributed by atoms with van der Waals surface area (Å²) in [6, 6.07) is 12.4. The van der Waals surface area contributed by atoms with Gasteiger partial charge in [-0.15, -0.1) is 0 Å². The van der Waals surface area contributed by atoms with Crippen LogP contribution in [0.4, 0.5) is 0 Å². The summed E-state index contributed by atoms with van der Waals surface area (Å²) < 4.78 is 0.665. The van der Waals surface area contributed by atoms with Crippen LogP contribution in [0.25, 0.3) is 0 Å². The number of nitrogens with zero attached hydrogens (tertiary/aromatic N) is 1. The molecule has 3 heteroatoms. The van der Waals surface area contributed by atoms with Crippen molar-refractivity contribution in [3.05, 3.63) is 58.1 Å². The third-order valence-corrected chi connectivity index (χ3v) is 3.72. The van der Waals surface area contributed by atoms with E-state index in [0.717, 1.165) is 12.2 Å². The highest BCUT2D eigenvalue weighted by molar-refractivity contribution is 7.71. The molecule has 106 valence electrons. The molecule has 0 aliphatic rings. The lowest BCUT2D eigenvalue weighted by atomic mass is 9.83. The molecule has 2 aromatic rings. The third kappa shape index (κ3) is 3.34. The van der Waals surface area contributed by atoms with Gasteiger partial charge in [-0.05, 0) is 37.8 Å². The number of benzene rings is 1. The Balaban J connectivity index is 2.46. The Bertz CT molecular complexity index is 627. The predicted molar refractivity (Wildman–Crippen MR) is 86.5 cm³/mol. The Morgan fingerprint density at radius 2 is 1.85 bits per heavy atom. The SMILES string of the molecule is CC(C)Cc1cc(=S)nc(C(C)(C)c2ccccc2)[nH]1. The Labute approximate surface area is 126 Å². The van der Waals surface area contributed by atoms with Gasteiger partial charge >= 0.3 is 0 Å². The van der Waals surface area contributed by atoms with Crippen LogP contribution in [0.1, 0.15) is 44.8 Å². The zero-order chi connectivity index (χ0) is 14.8. The van der Waals surface area contributed by atoms with Crippen LogP contribution in [-0.4, -0.2) is 9.97 Å². The molecule has 2 nitrogen and oxygen atoms in total. The molecule has 0 radical (unpaired) electrons. The van der Waals surface area contributed by atoms with Crippen molar-refractivity contribution >= 4 is 12.2 Å². The molecular formula is C17H22N2S. The van der Waals surface area contributed by atoms with Crippen LogP contribution < -0.4 is 0 Å². The summed E-state index contributed by atoms with van der Waals surface area (Å²) in [5, 5.41) is 0. The maximum absolute atomic E-state index is 5.33. The van der Waals surface area contributed by atoms with Crippen LogP contribution in [0.15, 0.2) is 36.4 Å². The van der Waals surface area contributed by atoms with Gasteiger partial charge in [-0.2, -0.15) is 0 Å². The van der Waals surface area contributed by atoms with Gasteiger partial charge in [0.1, 0.15) is 10.5 Å². The van der Waals surface area contributed by atoms with Crippen molar-refractivity contribution in [3.63, 3.8) is 0 Å². The first kappa shape index (κ1) is 14.9. The fraction of sp³-hybridized carbons (Fsp3) is 0.412. The monoisotopic (exact) mass is 286 g/mol. The minimum atomic E-state index is -0.179. The van der Waals surface area contributed by atoms with E-state index in [1.54, 1.807) is 0 Å². The summed E-state index contributed by atoms with van der Waals surface area (Å²) in [7, 11) is 0. The Hall–Kier alpha value is -1.48. The molecule has 1 aromatic heterocycles. The van der Waals surface area contributed by atoms with Crippen LogP contribution in [-0.2, 0) is 11.8 Å². The van der Waals surface area contributed by atoms with E-state index in [2.05, 4.69) is 61.9 Å². The Morgan fingerprint density at radius 1 is 1.20 bits per heavy atom. The van der Waals surface area contributed by atoms with Gasteiger partial charge in [-0.25, -0.2) is 4.98 Å². The second-order valence-corrected chi connectivity index (χ2v) is 6.60. The number of rotatable bonds is 4. The Morgan fingerprint density at radius 3 is 2.45 bits per heavy atom. The first-order valence-electron chi connectivity index (χ1n) is 7.06. The minimum Gasteiger partial charge on any atom is -0.346 e. The number of hydrogen-bond donors (Lipinski definition) is 1. The molecule has 1 heterocycles. The summed E-state index contributed by atoms with van der Waals surface area (Å²) in [6.07, 6.45) is 0.990. The van der Waals surface area contributed by atoms with Crippen LogP contribution in [0.5, 0.6) is 0 Å². The minimum absolute atomic E-state index is 0.179. The zero-order valence-corrected chi connectivity index (χ0v) is 13.4. The van der Waals surface area contributed by atoms with Crippen LogP contribution in [0.2, 0.25) is 0 Å². The molecule has 0 fully saturated rings. The summed E-state index contributed by atoms with van der Waals surface area (Å²) in [6.45, 7) is 8.77. The quantitative estimate of drug-likeness (QED) is 0.828. The molecule has 0 amide bonds. The lowest BCUT2D eigenvalue weighted by Gasteiger charge is -2.25. The highest BCUT2D eigenvalue weighted by Crippen LogP contribution is 2.28. The van der Waals surface area contributed by atoms with Gasteiger partial charge in [0.15, 0.2) is 0 Å². The molecule has 0 spiro atoms. The lowest BCUT2D eigenvalue weighted by molar-refractivity contribution is 0.570. The molecule has 1 aromatic carbocycles. The van der Waals surface area contributed by atoms with Gasteiger partial charge in [-0.1, -0.05) is 56.4 Å². The van der Waals surface area contributed by atoms with Crippen LogP contribution in [0.3, 0.4) is 0 Å². The van der Waals surface area contributed by atoms with E-state index < -0.39 is 0 Å². The molecule has 0 aliphatic heterocycles. The number of nitrogens with one attached hydrogen (secondary N) is 1. The summed E-state index contributed by atoms with van der Waals surface area (Å²) >= 11 is 5.33. The smallest absolute Gasteiger partial charge is 0.130 e. The fourth-order valence-electron chi connectivity index (χ4n) is 2.34. The normalized spacial score (nSPS) is 11.8. The van der Waals surface area contributed by atoms with Crippen molar-refractivity contribution in [1.82, 2.24) is 9.97 Å². The first-order valence-corrected chi connectivity index (χ1v) is 7.46. The molecule has 0 aliphatic carbocycles. The fourth-order valence-corrected chi connectivity index (χ4v) is 2.58. The topological polar surface area (TPSA) is 28.7 Å². The zero-order valence-electron chi connectivity index (χ0n) is 12.6. The van der Waals surface area contributed by atoms with E-state index >= 15 is 0 Å². The van der Waals surface area contributed by atoms with Crippen molar-refractivity contribution in [1.29, 1.82) is 0 Å². The van der Waals surface area contributed by atoms with Gasteiger partial charge in [-0.3, -0.25) is 0 Å². The van der Waals surface area contributed by atoms with Gasteiger partial charge in [0.05, 0.1) is 0 Å². The second-order valence-electron chi connectivity index (χ2n) is 6.18. The largest absolute Gasteiger partial charge is 0.346 e. The average molecular weight is 286 g/mol. The average Bonchev–Trinajstić information content (AvgIpc) is 2.38.